The Balaban J connectivity index is 1.92. The predicted molar refractivity (Wildman–Crippen MR) is 69.3 cm³/mol. The topological polar surface area (TPSA) is 35.2 Å². The van der Waals surface area contributed by atoms with Gasteiger partial charge in [0.05, 0.1) is 13.2 Å². The normalized spacial score (nSPS) is 14.1. The molecule has 0 unspecified atom stereocenters. The lowest BCUT2D eigenvalue weighted by Crippen LogP contribution is -2.00. The molecule has 96 valence electrons. The van der Waals surface area contributed by atoms with Crippen LogP contribution in [-0.2, 0) is 11.3 Å². The zero-order valence-corrected chi connectivity index (χ0v) is 10.4. The summed E-state index contributed by atoms with van der Waals surface area (Å²) in [7, 11) is 0. The maximum atomic E-state index is 13.1. The second-order valence-corrected chi connectivity index (χ2v) is 4.59. The van der Waals surface area contributed by atoms with Gasteiger partial charge in [-0.1, -0.05) is 30.7 Å². The van der Waals surface area contributed by atoms with Gasteiger partial charge in [-0.25, -0.2) is 4.39 Å². The van der Waals surface area contributed by atoms with Crippen molar-refractivity contribution in [1.29, 1.82) is 0 Å². The summed E-state index contributed by atoms with van der Waals surface area (Å²) in [4.78, 5) is 0. The highest BCUT2D eigenvalue weighted by molar-refractivity contribution is 5.41. The molecule has 0 saturated heterocycles. The Labute approximate surface area is 107 Å². The molecule has 0 radical (unpaired) electrons. The van der Waals surface area contributed by atoms with E-state index in [0.717, 1.165) is 24.5 Å². The predicted octanol–water partition coefficient (Wildman–Crippen LogP) is 2.45. The fourth-order valence-electron chi connectivity index (χ4n) is 1.78. The summed E-state index contributed by atoms with van der Waals surface area (Å²) in [6, 6.07) is 4.60. The Hall–Kier alpha value is -1.37. The number of nitrogens with two attached hydrogens (primary N) is 1. The van der Waals surface area contributed by atoms with Gasteiger partial charge in [-0.05, 0) is 30.0 Å². The minimum Gasteiger partial charge on any atom is -0.377 e. The standard InChI is InChI=1S/C15H18FNO/c16-15-6-5-14(13(10-15)2-1-8-17)11-18-9-7-12-3-4-12/h5-6,10,12H,3-4,7-9,11,17H2. The molecule has 0 amide bonds. The molecule has 0 aromatic heterocycles. The second-order valence-electron chi connectivity index (χ2n) is 4.59. The highest BCUT2D eigenvalue weighted by Crippen LogP contribution is 2.32. The maximum Gasteiger partial charge on any atom is 0.124 e. The SMILES string of the molecule is NCC#Cc1cc(F)ccc1COCCC1CC1. The van der Waals surface area contributed by atoms with E-state index in [2.05, 4.69) is 11.8 Å². The Kier molecular flexibility index (Phi) is 4.74. The van der Waals surface area contributed by atoms with Crippen molar-refractivity contribution < 1.29 is 9.13 Å². The van der Waals surface area contributed by atoms with Gasteiger partial charge < -0.3 is 10.5 Å². The molecule has 1 aliphatic carbocycles. The van der Waals surface area contributed by atoms with Crippen LogP contribution in [0.4, 0.5) is 4.39 Å². The third-order valence-electron chi connectivity index (χ3n) is 3.02. The molecule has 1 aromatic rings. The number of hydrogen-bond donors (Lipinski definition) is 1. The minimum absolute atomic E-state index is 0.276. The van der Waals surface area contributed by atoms with E-state index in [0.29, 0.717) is 12.2 Å². The molecule has 0 atom stereocenters. The first-order valence-electron chi connectivity index (χ1n) is 6.34. The molecule has 1 aliphatic rings. The zero-order valence-electron chi connectivity index (χ0n) is 10.4. The van der Waals surface area contributed by atoms with E-state index in [1.807, 2.05) is 0 Å². The van der Waals surface area contributed by atoms with Crippen molar-refractivity contribution in [1.82, 2.24) is 0 Å². The second kappa shape index (κ2) is 6.53. The van der Waals surface area contributed by atoms with Gasteiger partial charge in [0.1, 0.15) is 5.82 Å². The Morgan fingerprint density at radius 1 is 1.39 bits per heavy atom. The Morgan fingerprint density at radius 3 is 2.94 bits per heavy atom. The van der Waals surface area contributed by atoms with Crippen molar-refractivity contribution in [2.45, 2.75) is 25.9 Å². The molecule has 2 nitrogen and oxygen atoms in total. The summed E-state index contributed by atoms with van der Waals surface area (Å²) in [5, 5.41) is 0. The molecule has 2 N–H and O–H groups in total. The summed E-state index contributed by atoms with van der Waals surface area (Å²) in [5.41, 5.74) is 6.93. The van der Waals surface area contributed by atoms with E-state index in [-0.39, 0.29) is 12.4 Å². The minimum atomic E-state index is -0.280. The van der Waals surface area contributed by atoms with Crippen LogP contribution >= 0.6 is 0 Å². The van der Waals surface area contributed by atoms with Crippen LogP contribution in [0.15, 0.2) is 18.2 Å². The number of ether oxygens (including phenoxy) is 1. The molecule has 0 spiro atoms. The molecule has 0 heterocycles. The van der Waals surface area contributed by atoms with Crippen LogP contribution in [0.2, 0.25) is 0 Å². The lowest BCUT2D eigenvalue weighted by molar-refractivity contribution is 0.115. The van der Waals surface area contributed by atoms with Gasteiger partial charge in [0.25, 0.3) is 0 Å². The van der Waals surface area contributed by atoms with Crippen molar-refractivity contribution >= 4 is 0 Å². The third-order valence-corrected chi connectivity index (χ3v) is 3.02. The number of hydrogen-bond acceptors (Lipinski definition) is 2. The molecule has 1 saturated carbocycles. The maximum absolute atomic E-state index is 13.1. The molecule has 3 heteroatoms. The van der Waals surface area contributed by atoms with Crippen molar-refractivity contribution in [2.24, 2.45) is 11.7 Å². The van der Waals surface area contributed by atoms with E-state index in [1.54, 1.807) is 6.07 Å². The number of benzene rings is 1. The van der Waals surface area contributed by atoms with E-state index in [1.165, 1.54) is 25.0 Å². The largest absolute Gasteiger partial charge is 0.377 e. The summed E-state index contributed by atoms with van der Waals surface area (Å²) in [6.07, 6.45) is 3.81. The molecular weight excluding hydrogens is 229 g/mol. The van der Waals surface area contributed by atoms with Crippen molar-refractivity contribution in [2.75, 3.05) is 13.2 Å². The first kappa shape index (κ1) is 13.1. The number of rotatable bonds is 5. The fraction of sp³-hybridized carbons (Fsp3) is 0.467. The van der Waals surface area contributed by atoms with Crippen LogP contribution in [0.1, 0.15) is 30.4 Å². The van der Waals surface area contributed by atoms with Gasteiger partial charge in [-0.3, -0.25) is 0 Å². The quantitative estimate of drug-likeness (QED) is 0.640. The van der Waals surface area contributed by atoms with Gasteiger partial charge in [0.15, 0.2) is 0 Å². The molecule has 18 heavy (non-hydrogen) atoms. The van der Waals surface area contributed by atoms with Gasteiger partial charge >= 0.3 is 0 Å². The molecule has 1 aromatic carbocycles. The van der Waals surface area contributed by atoms with Crippen LogP contribution in [-0.4, -0.2) is 13.2 Å². The Bertz CT molecular complexity index is 457. The summed E-state index contributed by atoms with van der Waals surface area (Å²) in [5.74, 6) is 6.22. The average molecular weight is 247 g/mol. The lowest BCUT2D eigenvalue weighted by atomic mass is 10.1. The molecule has 0 bridgehead atoms. The zero-order chi connectivity index (χ0) is 12.8. The average Bonchev–Trinajstić information content (AvgIpc) is 3.18. The van der Waals surface area contributed by atoms with Crippen LogP contribution < -0.4 is 5.73 Å². The summed E-state index contributed by atoms with van der Waals surface area (Å²) < 4.78 is 18.7. The third kappa shape index (κ3) is 4.14. The van der Waals surface area contributed by atoms with Crippen LogP contribution in [0.5, 0.6) is 0 Å². The highest BCUT2D eigenvalue weighted by atomic mass is 19.1. The van der Waals surface area contributed by atoms with Crippen LogP contribution in [0, 0.1) is 23.6 Å². The van der Waals surface area contributed by atoms with E-state index in [9.17, 15) is 4.39 Å². The van der Waals surface area contributed by atoms with Crippen molar-refractivity contribution in [3.05, 3.63) is 35.1 Å². The smallest absolute Gasteiger partial charge is 0.124 e. The van der Waals surface area contributed by atoms with Crippen molar-refractivity contribution in [3.63, 3.8) is 0 Å². The monoisotopic (exact) mass is 247 g/mol. The van der Waals surface area contributed by atoms with Crippen LogP contribution in [0.25, 0.3) is 0 Å². The van der Waals surface area contributed by atoms with E-state index >= 15 is 0 Å². The molecule has 0 aliphatic heterocycles. The molecule has 1 fully saturated rings. The van der Waals surface area contributed by atoms with E-state index < -0.39 is 0 Å². The lowest BCUT2D eigenvalue weighted by Gasteiger charge is -2.06. The first-order chi connectivity index (χ1) is 8.79. The fourth-order valence-corrected chi connectivity index (χ4v) is 1.78. The Morgan fingerprint density at radius 2 is 2.22 bits per heavy atom. The van der Waals surface area contributed by atoms with Gasteiger partial charge in [0.2, 0.25) is 0 Å². The summed E-state index contributed by atoms with van der Waals surface area (Å²) >= 11 is 0. The van der Waals surface area contributed by atoms with Gasteiger partial charge in [-0.2, -0.15) is 0 Å². The van der Waals surface area contributed by atoms with Crippen molar-refractivity contribution in [3.8, 4) is 11.8 Å². The number of halogens is 1. The van der Waals surface area contributed by atoms with Gasteiger partial charge in [-0.15, -0.1) is 0 Å². The highest BCUT2D eigenvalue weighted by Gasteiger charge is 2.20. The van der Waals surface area contributed by atoms with E-state index in [4.69, 9.17) is 10.5 Å². The molecule has 2 rings (SSSR count). The van der Waals surface area contributed by atoms with Crippen LogP contribution in [0.3, 0.4) is 0 Å². The molecular formula is C15H18FNO. The summed E-state index contributed by atoms with van der Waals surface area (Å²) in [6.45, 7) is 1.53. The first-order valence-corrected chi connectivity index (χ1v) is 6.34. The van der Waals surface area contributed by atoms with Gasteiger partial charge in [0, 0.05) is 12.2 Å².